The summed E-state index contributed by atoms with van der Waals surface area (Å²) in [4.78, 5) is 15.5. The van der Waals surface area contributed by atoms with Gasteiger partial charge in [-0.2, -0.15) is 5.10 Å². The zero-order valence-corrected chi connectivity index (χ0v) is 19.9. The Hall–Kier alpha value is -4.26. The van der Waals surface area contributed by atoms with Crippen LogP contribution in [0.15, 0.2) is 66.7 Å². The van der Waals surface area contributed by atoms with E-state index in [1.54, 1.807) is 19.2 Å². The van der Waals surface area contributed by atoms with Crippen molar-refractivity contribution >= 4 is 5.91 Å². The molecule has 2 heterocycles. The topological polar surface area (TPSA) is 87.7 Å². The second kappa shape index (κ2) is 9.18. The Balaban J connectivity index is 1.63. The van der Waals surface area contributed by atoms with Crippen LogP contribution < -0.4 is 9.47 Å². The van der Waals surface area contributed by atoms with Crippen molar-refractivity contribution in [2.45, 2.75) is 26.4 Å². The maximum atomic E-state index is 13.6. The molecule has 0 saturated heterocycles. The van der Waals surface area contributed by atoms with Crippen LogP contribution in [0.3, 0.4) is 0 Å². The summed E-state index contributed by atoms with van der Waals surface area (Å²) in [6.07, 6.45) is 0. The molecule has 3 aromatic carbocycles. The summed E-state index contributed by atoms with van der Waals surface area (Å²) in [6, 6.07) is 20.6. The number of fused-ring (bicyclic) bond motifs is 1. The number of H-pyrrole nitrogens is 1. The lowest BCUT2D eigenvalue weighted by molar-refractivity contribution is 0.0730. The van der Waals surface area contributed by atoms with Gasteiger partial charge in [0.2, 0.25) is 0 Å². The Morgan fingerprint density at radius 1 is 1.06 bits per heavy atom. The number of carbonyl (C=O) groups excluding carboxylic acids is 1. The third-order valence-electron chi connectivity index (χ3n) is 6.30. The van der Waals surface area contributed by atoms with E-state index in [9.17, 15) is 9.90 Å². The zero-order valence-electron chi connectivity index (χ0n) is 19.9. The molecule has 2 N–H and O–H groups in total. The molecule has 0 aliphatic carbocycles. The number of methoxy groups -OCH3 is 1. The first-order valence-electron chi connectivity index (χ1n) is 11.5. The fourth-order valence-electron chi connectivity index (χ4n) is 4.54. The minimum atomic E-state index is -0.408. The van der Waals surface area contributed by atoms with Gasteiger partial charge in [0.15, 0.2) is 11.5 Å². The molecule has 0 radical (unpaired) electrons. The Morgan fingerprint density at radius 2 is 1.80 bits per heavy atom. The van der Waals surface area contributed by atoms with Crippen LogP contribution in [-0.4, -0.2) is 39.8 Å². The molecule has 1 aliphatic heterocycles. The van der Waals surface area contributed by atoms with Crippen LogP contribution in [0, 0.1) is 6.92 Å². The average Bonchev–Trinajstić information content (AvgIpc) is 3.41. The number of phenolic OH excluding ortho intramolecular Hbond substituents is 1. The molecule has 4 aromatic rings. The third-order valence-corrected chi connectivity index (χ3v) is 6.30. The summed E-state index contributed by atoms with van der Waals surface area (Å²) < 4.78 is 10.9. The van der Waals surface area contributed by atoms with Crippen LogP contribution in [0.25, 0.3) is 11.3 Å². The molecule has 0 fully saturated rings. The van der Waals surface area contributed by atoms with Gasteiger partial charge in [0, 0.05) is 17.7 Å². The first-order valence-corrected chi connectivity index (χ1v) is 11.5. The minimum absolute atomic E-state index is 0.0628. The number of hydrogen-bond donors (Lipinski definition) is 2. The summed E-state index contributed by atoms with van der Waals surface area (Å²) in [5, 5.41) is 17.8. The number of hydrogen-bond acceptors (Lipinski definition) is 5. The summed E-state index contributed by atoms with van der Waals surface area (Å²) in [5.74, 6) is 1.07. The molecule has 1 aliphatic rings. The van der Waals surface area contributed by atoms with Crippen molar-refractivity contribution in [3.63, 3.8) is 0 Å². The second-order valence-electron chi connectivity index (χ2n) is 8.57. The lowest BCUT2D eigenvalue weighted by atomic mass is 9.95. The molecule has 7 heteroatoms. The average molecular weight is 470 g/mol. The van der Waals surface area contributed by atoms with E-state index in [1.807, 2.05) is 73.3 Å². The van der Waals surface area contributed by atoms with Gasteiger partial charge in [0.05, 0.1) is 25.5 Å². The van der Waals surface area contributed by atoms with Gasteiger partial charge in [0.25, 0.3) is 5.91 Å². The number of aromatic hydroxyl groups is 1. The van der Waals surface area contributed by atoms with E-state index in [-0.39, 0.29) is 11.7 Å². The van der Waals surface area contributed by atoms with E-state index in [0.29, 0.717) is 30.3 Å². The van der Waals surface area contributed by atoms with Gasteiger partial charge in [-0.25, -0.2) is 0 Å². The van der Waals surface area contributed by atoms with E-state index in [1.165, 1.54) is 0 Å². The number of rotatable bonds is 7. The van der Waals surface area contributed by atoms with Crippen molar-refractivity contribution in [2.24, 2.45) is 0 Å². The van der Waals surface area contributed by atoms with Crippen LogP contribution in [0.4, 0.5) is 0 Å². The molecule has 5 rings (SSSR count). The largest absolute Gasteiger partial charge is 0.504 e. The van der Waals surface area contributed by atoms with Gasteiger partial charge < -0.3 is 19.5 Å². The van der Waals surface area contributed by atoms with E-state index in [2.05, 4.69) is 10.2 Å². The predicted molar refractivity (Wildman–Crippen MR) is 133 cm³/mol. The first kappa shape index (κ1) is 22.5. The molecule has 178 valence electrons. The molecular weight excluding hydrogens is 442 g/mol. The predicted octanol–water partition coefficient (Wildman–Crippen LogP) is 5.24. The number of ether oxygens (including phenoxy) is 2. The maximum absolute atomic E-state index is 13.6. The van der Waals surface area contributed by atoms with Crippen LogP contribution in [-0.2, 0) is 6.54 Å². The second-order valence-corrected chi connectivity index (χ2v) is 8.57. The number of aromatic nitrogens is 2. The van der Waals surface area contributed by atoms with Gasteiger partial charge in [-0.1, -0.05) is 35.9 Å². The summed E-state index contributed by atoms with van der Waals surface area (Å²) in [5.41, 5.74) is 5.89. The Kier molecular flexibility index (Phi) is 5.91. The number of amides is 1. The molecule has 1 aromatic heterocycles. The monoisotopic (exact) mass is 469 g/mol. The van der Waals surface area contributed by atoms with Gasteiger partial charge in [0.1, 0.15) is 11.4 Å². The van der Waals surface area contributed by atoms with Crippen LogP contribution in [0.1, 0.15) is 45.7 Å². The van der Waals surface area contributed by atoms with Crippen molar-refractivity contribution in [3.05, 3.63) is 94.7 Å². The fraction of sp³-hybridized carbons (Fsp3) is 0.214. The summed E-state index contributed by atoms with van der Waals surface area (Å²) >= 11 is 0. The maximum Gasteiger partial charge on any atom is 0.273 e. The molecular formula is C28H27N3O4. The molecule has 7 nitrogen and oxygen atoms in total. The van der Waals surface area contributed by atoms with Gasteiger partial charge in [-0.05, 0) is 61.4 Å². The van der Waals surface area contributed by atoms with Crippen molar-refractivity contribution in [1.29, 1.82) is 0 Å². The Labute approximate surface area is 203 Å². The van der Waals surface area contributed by atoms with E-state index >= 15 is 0 Å². The highest BCUT2D eigenvalue weighted by Crippen LogP contribution is 2.45. The standard InChI is InChI=1S/C28H27N3O4/c1-4-35-23-15-20(11-14-22(23)32)27-24-25(19-9-12-21(34-3)13-10-19)29-30-26(24)28(33)31(27)16-18-7-5-17(2)6-8-18/h5-15,27,32H,4,16H2,1-3H3,(H,29,30). The highest BCUT2D eigenvalue weighted by Gasteiger charge is 2.42. The van der Waals surface area contributed by atoms with Crippen molar-refractivity contribution in [1.82, 2.24) is 15.1 Å². The summed E-state index contributed by atoms with van der Waals surface area (Å²) in [6.45, 7) is 4.75. The number of nitrogens with zero attached hydrogens (tertiary/aromatic N) is 2. The Morgan fingerprint density at radius 3 is 2.49 bits per heavy atom. The molecule has 1 amide bonds. The van der Waals surface area contributed by atoms with Crippen LogP contribution in [0.5, 0.6) is 17.2 Å². The SMILES string of the molecule is CCOc1cc(C2c3c(-c4ccc(OC)cc4)n[nH]c3C(=O)N2Cc2ccc(C)cc2)ccc1O. The first-order chi connectivity index (χ1) is 17.0. The molecule has 0 spiro atoms. The minimum Gasteiger partial charge on any atom is -0.504 e. The van der Waals surface area contributed by atoms with Crippen LogP contribution in [0.2, 0.25) is 0 Å². The van der Waals surface area contributed by atoms with E-state index in [4.69, 9.17) is 9.47 Å². The lowest BCUT2D eigenvalue weighted by Crippen LogP contribution is -2.29. The van der Waals surface area contributed by atoms with E-state index in [0.717, 1.165) is 33.6 Å². The lowest BCUT2D eigenvalue weighted by Gasteiger charge is -2.27. The Bertz CT molecular complexity index is 1360. The molecule has 0 bridgehead atoms. The quantitative estimate of drug-likeness (QED) is 0.386. The number of phenols is 1. The molecule has 1 atom stereocenters. The van der Waals surface area contributed by atoms with Crippen molar-refractivity contribution < 1.29 is 19.4 Å². The number of aryl methyl sites for hydroxylation is 1. The van der Waals surface area contributed by atoms with Crippen LogP contribution >= 0.6 is 0 Å². The molecule has 0 saturated carbocycles. The van der Waals surface area contributed by atoms with Crippen molar-refractivity contribution in [2.75, 3.05) is 13.7 Å². The number of carbonyl (C=O) groups is 1. The summed E-state index contributed by atoms with van der Waals surface area (Å²) in [7, 11) is 1.62. The molecule has 35 heavy (non-hydrogen) atoms. The zero-order chi connectivity index (χ0) is 24.5. The smallest absolute Gasteiger partial charge is 0.273 e. The number of aromatic amines is 1. The van der Waals surface area contributed by atoms with Crippen molar-refractivity contribution in [3.8, 4) is 28.5 Å². The van der Waals surface area contributed by atoms with E-state index < -0.39 is 6.04 Å². The van der Waals surface area contributed by atoms with Gasteiger partial charge in [-0.3, -0.25) is 9.89 Å². The highest BCUT2D eigenvalue weighted by atomic mass is 16.5. The molecule has 1 unspecified atom stereocenters. The number of nitrogens with one attached hydrogen (secondary N) is 1. The van der Waals surface area contributed by atoms with Gasteiger partial charge in [-0.15, -0.1) is 0 Å². The fourth-order valence-corrected chi connectivity index (χ4v) is 4.54. The highest BCUT2D eigenvalue weighted by molar-refractivity contribution is 6.00. The van der Waals surface area contributed by atoms with Gasteiger partial charge >= 0.3 is 0 Å². The third kappa shape index (κ3) is 4.10. The number of benzene rings is 3. The normalized spacial score (nSPS) is 14.8.